The van der Waals surface area contributed by atoms with Crippen molar-refractivity contribution in [3.63, 3.8) is 0 Å². The molecule has 0 aliphatic heterocycles. The first-order valence-corrected chi connectivity index (χ1v) is 6.54. The van der Waals surface area contributed by atoms with E-state index in [-0.39, 0.29) is 19.0 Å². The van der Waals surface area contributed by atoms with E-state index in [0.29, 0.717) is 18.3 Å². The predicted molar refractivity (Wildman–Crippen MR) is 71.4 cm³/mol. The maximum absolute atomic E-state index is 11.8. The van der Waals surface area contributed by atoms with Crippen molar-refractivity contribution in [3.8, 4) is 0 Å². The van der Waals surface area contributed by atoms with Gasteiger partial charge in [0.2, 0.25) is 5.91 Å². The quantitative estimate of drug-likeness (QED) is 0.720. The van der Waals surface area contributed by atoms with Gasteiger partial charge in [-0.3, -0.25) is 14.5 Å². The average Bonchev–Trinajstić information content (AvgIpc) is 2.70. The minimum absolute atomic E-state index is 0.00567. The van der Waals surface area contributed by atoms with Gasteiger partial charge in [-0.15, -0.1) is 11.3 Å². The number of thiazole rings is 1. The topological polar surface area (TPSA) is 91.8 Å². The fraction of sp³-hybridized carbons (Fsp3) is 0.545. The Hall–Kier alpha value is -1.51. The third-order valence-electron chi connectivity index (χ3n) is 2.20. The highest BCUT2D eigenvalue weighted by atomic mass is 32.1. The second-order valence-electron chi connectivity index (χ2n) is 3.94. The lowest BCUT2D eigenvalue weighted by molar-refractivity contribution is -0.138. The number of rotatable bonds is 8. The van der Waals surface area contributed by atoms with E-state index in [2.05, 4.69) is 10.3 Å². The van der Waals surface area contributed by atoms with Crippen molar-refractivity contribution in [1.82, 2.24) is 9.88 Å². The zero-order valence-corrected chi connectivity index (χ0v) is 11.7. The maximum Gasteiger partial charge on any atom is 0.317 e. The zero-order valence-electron chi connectivity index (χ0n) is 10.9. The molecule has 1 heterocycles. The number of nitrogens with one attached hydrogen (secondary N) is 1. The van der Waals surface area contributed by atoms with Crippen molar-refractivity contribution >= 4 is 28.3 Å². The molecule has 0 atom stereocenters. The van der Waals surface area contributed by atoms with E-state index < -0.39 is 5.97 Å². The number of hydrogen-bond donors (Lipinski definition) is 2. The Kier molecular flexibility index (Phi) is 6.40. The van der Waals surface area contributed by atoms with Crippen LogP contribution in [-0.4, -0.2) is 60.2 Å². The number of hydrogen-bond acceptors (Lipinski definition) is 6. The van der Waals surface area contributed by atoms with Crippen molar-refractivity contribution < 1.29 is 19.4 Å². The molecule has 0 bridgehead atoms. The van der Waals surface area contributed by atoms with Gasteiger partial charge >= 0.3 is 5.97 Å². The number of aryl methyl sites for hydroxylation is 1. The van der Waals surface area contributed by atoms with E-state index >= 15 is 0 Å². The van der Waals surface area contributed by atoms with Gasteiger partial charge in [-0.2, -0.15) is 0 Å². The number of methoxy groups -OCH3 is 1. The summed E-state index contributed by atoms with van der Waals surface area (Å²) in [6.45, 7) is 2.38. The number of anilines is 1. The third kappa shape index (κ3) is 6.27. The van der Waals surface area contributed by atoms with Crippen LogP contribution in [0.2, 0.25) is 0 Å². The van der Waals surface area contributed by atoms with Crippen LogP contribution in [-0.2, 0) is 14.3 Å². The smallest absolute Gasteiger partial charge is 0.317 e. The van der Waals surface area contributed by atoms with Crippen molar-refractivity contribution in [2.75, 3.05) is 38.7 Å². The Bertz CT molecular complexity index is 435. The molecule has 0 aliphatic rings. The molecule has 1 amide bonds. The number of carboxylic acids is 1. The number of aromatic nitrogens is 1. The summed E-state index contributed by atoms with van der Waals surface area (Å²) in [6.07, 6.45) is 0. The van der Waals surface area contributed by atoms with Crippen LogP contribution in [0.15, 0.2) is 5.38 Å². The summed E-state index contributed by atoms with van der Waals surface area (Å²) < 4.78 is 4.88. The number of carboxylic acid groups (broad SMARTS) is 1. The Balaban J connectivity index is 2.47. The molecule has 2 N–H and O–H groups in total. The van der Waals surface area contributed by atoms with Crippen molar-refractivity contribution in [1.29, 1.82) is 0 Å². The molecule has 19 heavy (non-hydrogen) atoms. The minimum Gasteiger partial charge on any atom is -0.480 e. The molecule has 0 aromatic carbocycles. The molecule has 8 heteroatoms. The lowest BCUT2D eigenvalue weighted by atomic mass is 10.4. The summed E-state index contributed by atoms with van der Waals surface area (Å²) in [6, 6.07) is 0. The van der Waals surface area contributed by atoms with Gasteiger partial charge in [-0.25, -0.2) is 4.98 Å². The molecular weight excluding hydrogens is 270 g/mol. The number of ether oxygens (including phenoxy) is 1. The summed E-state index contributed by atoms with van der Waals surface area (Å²) >= 11 is 1.33. The van der Waals surface area contributed by atoms with Gasteiger partial charge < -0.3 is 15.2 Å². The largest absolute Gasteiger partial charge is 0.480 e. The maximum atomic E-state index is 11.8. The second-order valence-corrected chi connectivity index (χ2v) is 4.80. The number of aliphatic carboxylic acids is 1. The summed E-state index contributed by atoms with van der Waals surface area (Å²) in [5.74, 6) is -1.26. The van der Waals surface area contributed by atoms with Crippen LogP contribution >= 0.6 is 11.3 Å². The number of carbonyl (C=O) groups is 2. The molecule has 0 spiro atoms. The molecule has 106 valence electrons. The fourth-order valence-corrected chi connectivity index (χ4v) is 2.10. The molecule has 0 fully saturated rings. The summed E-state index contributed by atoms with van der Waals surface area (Å²) in [5.41, 5.74) is 0.835. The zero-order chi connectivity index (χ0) is 14.3. The van der Waals surface area contributed by atoms with E-state index in [9.17, 15) is 9.59 Å². The van der Waals surface area contributed by atoms with E-state index in [4.69, 9.17) is 9.84 Å². The first-order valence-electron chi connectivity index (χ1n) is 5.66. The van der Waals surface area contributed by atoms with Crippen molar-refractivity contribution in [3.05, 3.63) is 11.1 Å². The van der Waals surface area contributed by atoms with Gasteiger partial charge in [0, 0.05) is 19.0 Å². The first kappa shape index (κ1) is 15.5. The Morgan fingerprint density at radius 2 is 2.26 bits per heavy atom. The van der Waals surface area contributed by atoms with Crippen molar-refractivity contribution in [2.24, 2.45) is 0 Å². The average molecular weight is 287 g/mol. The summed E-state index contributed by atoms with van der Waals surface area (Å²) in [7, 11) is 1.53. The lowest BCUT2D eigenvalue weighted by Crippen LogP contribution is -2.38. The number of amides is 1. The van der Waals surface area contributed by atoms with Gasteiger partial charge in [-0.1, -0.05) is 0 Å². The molecule has 0 unspecified atom stereocenters. The predicted octanol–water partition coefficient (Wildman–Crippen LogP) is 0.423. The van der Waals surface area contributed by atoms with Crippen LogP contribution in [0.3, 0.4) is 0 Å². The SMILES string of the molecule is COCCN(CC(=O)O)CC(=O)Nc1nc(C)cs1. The standard InChI is InChI=1S/C11H17N3O4S/c1-8-7-19-11(12-8)13-9(15)5-14(3-4-18-2)6-10(16)17/h7H,3-6H2,1-2H3,(H,16,17)(H,12,13,15). The Morgan fingerprint density at radius 1 is 1.53 bits per heavy atom. The first-order chi connectivity index (χ1) is 9.01. The van der Waals surface area contributed by atoms with Crippen LogP contribution in [0.4, 0.5) is 5.13 Å². The van der Waals surface area contributed by atoms with Crippen LogP contribution in [0, 0.1) is 6.92 Å². The number of carbonyl (C=O) groups excluding carboxylic acids is 1. The Morgan fingerprint density at radius 3 is 2.79 bits per heavy atom. The van der Waals surface area contributed by atoms with Gasteiger partial charge in [-0.05, 0) is 6.92 Å². The molecule has 0 radical (unpaired) electrons. The fourth-order valence-electron chi connectivity index (χ4n) is 1.40. The van der Waals surface area contributed by atoms with Gasteiger partial charge in [0.15, 0.2) is 5.13 Å². The molecule has 0 aliphatic carbocycles. The summed E-state index contributed by atoms with van der Waals surface area (Å²) in [5, 5.41) is 13.7. The van der Waals surface area contributed by atoms with E-state index in [1.807, 2.05) is 12.3 Å². The van der Waals surface area contributed by atoms with Gasteiger partial charge in [0.1, 0.15) is 0 Å². The van der Waals surface area contributed by atoms with Gasteiger partial charge in [0.25, 0.3) is 0 Å². The number of nitrogens with zero attached hydrogens (tertiary/aromatic N) is 2. The minimum atomic E-state index is -0.978. The Labute approximate surface area is 115 Å². The normalized spacial score (nSPS) is 10.7. The summed E-state index contributed by atoms with van der Waals surface area (Å²) in [4.78, 5) is 28.1. The van der Waals surface area contributed by atoms with Crippen LogP contribution in [0.25, 0.3) is 0 Å². The highest BCUT2D eigenvalue weighted by molar-refractivity contribution is 7.13. The van der Waals surface area contributed by atoms with Gasteiger partial charge in [0.05, 0.1) is 25.4 Å². The molecule has 7 nitrogen and oxygen atoms in total. The van der Waals surface area contributed by atoms with E-state index in [1.165, 1.54) is 23.3 Å². The lowest BCUT2D eigenvalue weighted by Gasteiger charge is -2.18. The van der Waals surface area contributed by atoms with Crippen LogP contribution < -0.4 is 5.32 Å². The highest BCUT2D eigenvalue weighted by Crippen LogP contribution is 2.14. The molecule has 1 rings (SSSR count). The van der Waals surface area contributed by atoms with E-state index in [0.717, 1.165) is 5.69 Å². The molecule has 1 aromatic rings. The molecular formula is C11H17N3O4S. The molecule has 0 saturated heterocycles. The van der Waals surface area contributed by atoms with Crippen LogP contribution in [0.1, 0.15) is 5.69 Å². The third-order valence-corrected chi connectivity index (χ3v) is 3.08. The molecule has 0 saturated carbocycles. The van der Waals surface area contributed by atoms with Crippen LogP contribution in [0.5, 0.6) is 0 Å². The molecule has 1 aromatic heterocycles. The monoisotopic (exact) mass is 287 g/mol. The van der Waals surface area contributed by atoms with Crippen molar-refractivity contribution in [2.45, 2.75) is 6.92 Å². The second kappa shape index (κ2) is 7.82. The van der Waals surface area contributed by atoms with E-state index in [1.54, 1.807) is 0 Å². The highest BCUT2D eigenvalue weighted by Gasteiger charge is 2.14.